The van der Waals surface area contributed by atoms with Gasteiger partial charge in [0.25, 0.3) is 0 Å². The molecule has 0 fully saturated rings. The summed E-state index contributed by atoms with van der Waals surface area (Å²) in [5.41, 5.74) is 4.88. The zero-order valence-electron chi connectivity index (χ0n) is 19.4. The Morgan fingerprint density at radius 2 is 1.70 bits per heavy atom. The van der Waals surface area contributed by atoms with E-state index in [1.807, 2.05) is 19.1 Å². The monoisotopic (exact) mass is 411 g/mol. The van der Waals surface area contributed by atoms with Crippen LogP contribution in [0, 0.1) is 0 Å². The van der Waals surface area contributed by atoms with Gasteiger partial charge in [0.15, 0.2) is 0 Å². The number of rotatable bonds is 10. The molecule has 0 amide bonds. The number of aromatic carboxylic acids is 1. The summed E-state index contributed by atoms with van der Waals surface area (Å²) in [6, 6.07) is 11.6. The fourth-order valence-corrected chi connectivity index (χ4v) is 3.64. The molecule has 0 spiro atoms. The minimum atomic E-state index is -0.910. The highest BCUT2D eigenvalue weighted by atomic mass is 16.5. The highest BCUT2D eigenvalue weighted by molar-refractivity contribution is 5.88. The SMILES string of the molecule is CCCCCc1cc(C(C)(C)C)cc(N(CC)c2ccc(C(=O)O)cc2)c1OCC. The first-order valence-electron chi connectivity index (χ1n) is 11.1. The second-order valence-electron chi connectivity index (χ2n) is 8.72. The number of carboxylic acid groups (broad SMARTS) is 1. The lowest BCUT2D eigenvalue weighted by Gasteiger charge is -2.30. The predicted molar refractivity (Wildman–Crippen MR) is 126 cm³/mol. The second-order valence-corrected chi connectivity index (χ2v) is 8.72. The number of hydrogen-bond acceptors (Lipinski definition) is 3. The summed E-state index contributed by atoms with van der Waals surface area (Å²) in [6.45, 7) is 14.4. The molecule has 0 atom stereocenters. The predicted octanol–water partition coefficient (Wildman–Crippen LogP) is 6.97. The number of anilines is 2. The zero-order valence-corrected chi connectivity index (χ0v) is 19.4. The van der Waals surface area contributed by atoms with E-state index in [1.165, 1.54) is 24.0 Å². The molecule has 0 saturated heterocycles. The van der Waals surface area contributed by atoms with E-state index in [-0.39, 0.29) is 5.41 Å². The van der Waals surface area contributed by atoms with Gasteiger partial charge in [0.1, 0.15) is 5.75 Å². The molecular formula is C26H37NO3. The highest BCUT2D eigenvalue weighted by Crippen LogP contribution is 2.41. The van der Waals surface area contributed by atoms with Crippen LogP contribution in [0.3, 0.4) is 0 Å². The Kier molecular flexibility index (Phi) is 8.33. The summed E-state index contributed by atoms with van der Waals surface area (Å²) >= 11 is 0. The third-order valence-electron chi connectivity index (χ3n) is 5.38. The molecule has 0 unspecified atom stereocenters. The van der Waals surface area contributed by atoms with Crippen molar-refractivity contribution >= 4 is 17.3 Å². The fraction of sp³-hybridized carbons (Fsp3) is 0.500. The molecule has 2 aromatic carbocycles. The van der Waals surface area contributed by atoms with Crippen molar-refractivity contribution in [1.29, 1.82) is 0 Å². The second kappa shape index (κ2) is 10.5. The maximum absolute atomic E-state index is 11.3. The molecule has 2 aromatic rings. The molecule has 0 aliphatic carbocycles. The first-order valence-corrected chi connectivity index (χ1v) is 11.1. The molecule has 1 N–H and O–H groups in total. The van der Waals surface area contributed by atoms with Crippen LogP contribution in [0.2, 0.25) is 0 Å². The van der Waals surface area contributed by atoms with Crippen molar-refractivity contribution in [2.75, 3.05) is 18.1 Å². The average molecular weight is 412 g/mol. The molecule has 0 radical (unpaired) electrons. The minimum Gasteiger partial charge on any atom is -0.491 e. The van der Waals surface area contributed by atoms with Gasteiger partial charge in [0, 0.05) is 12.2 Å². The van der Waals surface area contributed by atoms with Crippen LogP contribution in [0.25, 0.3) is 0 Å². The lowest BCUT2D eigenvalue weighted by Crippen LogP contribution is -2.20. The van der Waals surface area contributed by atoms with E-state index in [2.05, 4.69) is 51.7 Å². The van der Waals surface area contributed by atoms with Crippen LogP contribution in [0.15, 0.2) is 36.4 Å². The van der Waals surface area contributed by atoms with Crippen molar-refractivity contribution in [3.05, 3.63) is 53.1 Å². The molecule has 164 valence electrons. The first-order chi connectivity index (χ1) is 14.2. The molecule has 0 aliphatic heterocycles. The first kappa shape index (κ1) is 23.8. The summed E-state index contributed by atoms with van der Waals surface area (Å²) in [5, 5.41) is 9.23. The highest BCUT2D eigenvalue weighted by Gasteiger charge is 2.23. The maximum Gasteiger partial charge on any atom is 0.335 e. The van der Waals surface area contributed by atoms with Crippen LogP contribution in [0.5, 0.6) is 5.75 Å². The van der Waals surface area contributed by atoms with Crippen molar-refractivity contribution in [1.82, 2.24) is 0 Å². The van der Waals surface area contributed by atoms with Gasteiger partial charge in [-0.15, -0.1) is 0 Å². The van der Waals surface area contributed by atoms with Crippen LogP contribution < -0.4 is 9.64 Å². The van der Waals surface area contributed by atoms with Gasteiger partial charge in [0.2, 0.25) is 0 Å². The van der Waals surface area contributed by atoms with Crippen molar-refractivity contribution in [3.8, 4) is 5.75 Å². The maximum atomic E-state index is 11.3. The number of nitrogens with zero attached hydrogens (tertiary/aromatic N) is 1. The van der Waals surface area contributed by atoms with E-state index in [1.54, 1.807) is 12.1 Å². The molecule has 0 saturated carbocycles. The van der Waals surface area contributed by atoms with Crippen LogP contribution in [0.1, 0.15) is 82.3 Å². The Bertz CT molecular complexity index is 835. The van der Waals surface area contributed by atoms with Gasteiger partial charge in [-0.25, -0.2) is 4.79 Å². The number of carboxylic acids is 1. The van der Waals surface area contributed by atoms with E-state index in [4.69, 9.17) is 4.74 Å². The third kappa shape index (κ3) is 5.78. The molecular weight excluding hydrogens is 374 g/mol. The topological polar surface area (TPSA) is 49.8 Å². The molecule has 2 rings (SSSR count). The van der Waals surface area contributed by atoms with Gasteiger partial charge >= 0.3 is 5.97 Å². The molecule has 0 heterocycles. The Labute approximate surface area is 181 Å². The zero-order chi connectivity index (χ0) is 22.3. The van der Waals surface area contributed by atoms with Crippen molar-refractivity contribution < 1.29 is 14.6 Å². The number of aryl methyl sites for hydroxylation is 1. The Hall–Kier alpha value is -2.49. The Balaban J connectivity index is 2.62. The molecule has 4 nitrogen and oxygen atoms in total. The van der Waals surface area contributed by atoms with E-state index < -0.39 is 5.97 Å². The normalized spacial score (nSPS) is 11.4. The number of hydrogen-bond donors (Lipinski definition) is 1. The number of benzene rings is 2. The van der Waals surface area contributed by atoms with Crippen LogP contribution in [-0.2, 0) is 11.8 Å². The standard InChI is InChI=1S/C26H37NO3/c1-7-10-11-12-20-17-21(26(4,5)6)18-23(24(20)30-9-3)27(8-2)22-15-13-19(14-16-22)25(28)29/h13-18H,7-12H2,1-6H3,(H,28,29). The minimum absolute atomic E-state index is 0.0194. The molecule has 0 aliphatic rings. The van der Waals surface area contributed by atoms with E-state index in [0.717, 1.165) is 36.5 Å². The third-order valence-corrected chi connectivity index (χ3v) is 5.38. The van der Waals surface area contributed by atoms with Gasteiger partial charge < -0.3 is 14.7 Å². The van der Waals surface area contributed by atoms with Crippen LogP contribution in [-0.4, -0.2) is 24.2 Å². The van der Waals surface area contributed by atoms with Gasteiger partial charge in [0.05, 0.1) is 17.9 Å². The van der Waals surface area contributed by atoms with Gasteiger partial charge in [-0.2, -0.15) is 0 Å². The lowest BCUT2D eigenvalue weighted by atomic mass is 9.84. The average Bonchev–Trinajstić information content (AvgIpc) is 2.70. The smallest absolute Gasteiger partial charge is 0.335 e. The Morgan fingerprint density at radius 1 is 1.03 bits per heavy atom. The van der Waals surface area contributed by atoms with Crippen LogP contribution >= 0.6 is 0 Å². The lowest BCUT2D eigenvalue weighted by molar-refractivity contribution is 0.0697. The fourth-order valence-electron chi connectivity index (χ4n) is 3.64. The van der Waals surface area contributed by atoms with Crippen molar-refractivity contribution in [2.45, 2.75) is 72.6 Å². The largest absolute Gasteiger partial charge is 0.491 e. The summed E-state index contributed by atoms with van der Waals surface area (Å²) in [4.78, 5) is 13.5. The van der Waals surface area contributed by atoms with E-state index in [9.17, 15) is 9.90 Å². The number of ether oxygens (including phenoxy) is 1. The summed E-state index contributed by atoms with van der Waals surface area (Å²) in [6.07, 6.45) is 4.53. The van der Waals surface area contributed by atoms with Gasteiger partial charge in [-0.05, 0) is 73.6 Å². The van der Waals surface area contributed by atoms with Crippen molar-refractivity contribution in [3.63, 3.8) is 0 Å². The van der Waals surface area contributed by atoms with Gasteiger partial charge in [-0.3, -0.25) is 0 Å². The van der Waals surface area contributed by atoms with E-state index in [0.29, 0.717) is 12.2 Å². The molecule has 0 bridgehead atoms. The summed E-state index contributed by atoms with van der Waals surface area (Å²) < 4.78 is 6.20. The molecule has 0 aromatic heterocycles. The molecule has 30 heavy (non-hydrogen) atoms. The van der Waals surface area contributed by atoms with Crippen LogP contribution in [0.4, 0.5) is 11.4 Å². The van der Waals surface area contributed by atoms with E-state index >= 15 is 0 Å². The Morgan fingerprint density at radius 3 is 2.20 bits per heavy atom. The number of unbranched alkanes of at least 4 members (excludes halogenated alkanes) is 2. The summed E-state index contributed by atoms with van der Waals surface area (Å²) in [5.74, 6) is 0.0401. The number of carbonyl (C=O) groups is 1. The summed E-state index contributed by atoms with van der Waals surface area (Å²) in [7, 11) is 0. The molecule has 4 heteroatoms. The van der Waals surface area contributed by atoms with Gasteiger partial charge in [-0.1, -0.05) is 46.6 Å². The van der Waals surface area contributed by atoms with Crippen molar-refractivity contribution in [2.24, 2.45) is 0 Å². The quantitative estimate of drug-likeness (QED) is 0.429.